The highest BCUT2D eigenvalue weighted by Gasteiger charge is 2.31. The topological polar surface area (TPSA) is 150 Å². The Hall–Kier alpha value is -4.34. The second-order valence-corrected chi connectivity index (χ2v) is 10.8. The van der Waals surface area contributed by atoms with Crippen LogP contribution in [0.3, 0.4) is 0 Å². The van der Waals surface area contributed by atoms with Crippen LogP contribution in [0.4, 0.5) is 21.6 Å². The third-order valence-electron chi connectivity index (χ3n) is 6.36. The van der Waals surface area contributed by atoms with E-state index >= 15 is 0 Å². The molecule has 0 unspecified atom stereocenters. The van der Waals surface area contributed by atoms with Gasteiger partial charge in [-0.05, 0) is 78.8 Å². The molecule has 41 heavy (non-hydrogen) atoms. The van der Waals surface area contributed by atoms with Gasteiger partial charge < -0.3 is 10.6 Å². The number of amides is 1. The van der Waals surface area contributed by atoms with E-state index in [-0.39, 0.29) is 39.9 Å². The zero-order valence-electron chi connectivity index (χ0n) is 22.5. The van der Waals surface area contributed by atoms with Gasteiger partial charge in [-0.25, -0.2) is 9.18 Å². The highest BCUT2D eigenvalue weighted by atomic mass is 127. The van der Waals surface area contributed by atoms with Gasteiger partial charge in [0.2, 0.25) is 5.91 Å². The Morgan fingerprint density at radius 1 is 1.12 bits per heavy atom. The van der Waals surface area contributed by atoms with E-state index in [1.165, 1.54) is 39.8 Å². The van der Waals surface area contributed by atoms with Crippen LogP contribution >= 0.6 is 22.6 Å². The lowest BCUT2D eigenvalue weighted by molar-refractivity contribution is -0.445. The van der Waals surface area contributed by atoms with Gasteiger partial charge in [0.25, 0.3) is 11.1 Å². The zero-order valence-corrected chi connectivity index (χ0v) is 24.7. The molecule has 0 aliphatic heterocycles. The average Bonchev–Trinajstić information content (AvgIpc) is 3.71. The Bertz CT molecular complexity index is 1890. The number of carbonyl (C=O) groups is 1. The van der Waals surface area contributed by atoms with E-state index in [1.54, 1.807) is 37.3 Å². The van der Waals surface area contributed by atoms with Gasteiger partial charge in [-0.1, -0.05) is 6.07 Å². The monoisotopic (exact) mass is 676 g/mol. The number of nitro groups is 1. The molecule has 1 amide bonds. The minimum atomic E-state index is -0.581. The number of nitrogens with one attached hydrogen (secondary N) is 2. The lowest BCUT2D eigenvalue weighted by atomic mass is 10.1. The van der Waals surface area contributed by atoms with Gasteiger partial charge >= 0.3 is 5.69 Å². The Balaban J connectivity index is 0.000000909. The molecule has 0 radical (unpaired) electrons. The summed E-state index contributed by atoms with van der Waals surface area (Å²) >= 11 is 1.99. The van der Waals surface area contributed by atoms with E-state index in [4.69, 9.17) is 10.1 Å². The molecule has 0 spiro atoms. The van der Waals surface area contributed by atoms with E-state index in [2.05, 4.69) is 10.6 Å². The molecule has 1 aliphatic rings. The van der Waals surface area contributed by atoms with Crippen LogP contribution in [-0.4, -0.2) is 31.6 Å². The van der Waals surface area contributed by atoms with E-state index < -0.39 is 27.5 Å². The van der Waals surface area contributed by atoms with Crippen molar-refractivity contribution in [1.29, 1.82) is 0 Å². The Kier molecular flexibility index (Phi) is 8.42. The number of halogens is 2. The summed E-state index contributed by atoms with van der Waals surface area (Å²) in [6.07, 6.45) is 1.34. The van der Waals surface area contributed by atoms with E-state index in [1.807, 2.05) is 22.6 Å². The fourth-order valence-corrected chi connectivity index (χ4v) is 4.95. The summed E-state index contributed by atoms with van der Waals surface area (Å²) in [6.45, 7) is 2.92. The fraction of sp³-hybridized carbons (Fsp3) is 0.259. The zero-order chi connectivity index (χ0) is 30.2. The summed E-state index contributed by atoms with van der Waals surface area (Å²) in [5, 5.41) is 14.5. The van der Waals surface area contributed by atoms with E-state index in [0.717, 1.165) is 7.05 Å². The number of carbonyl (C=O) groups excluding carboxylic acids is 1. The molecule has 0 atom stereocenters. The van der Waals surface area contributed by atoms with Crippen LogP contribution in [-0.2, 0) is 11.8 Å². The second-order valence-electron chi connectivity index (χ2n) is 9.51. The maximum atomic E-state index is 14.8. The summed E-state index contributed by atoms with van der Waals surface area (Å²) in [5.74, 6) is -0.753. The maximum absolute atomic E-state index is 14.8. The highest BCUT2D eigenvalue weighted by Crippen LogP contribution is 2.34. The van der Waals surface area contributed by atoms with Crippen molar-refractivity contribution in [3.63, 3.8) is 0 Å². The number of rotatable bonds is 5. The van der Waals surface area contributed by atoms with Gasteiger partial charge in [-0.15, -0.1) is 0 Å². The molecule has 2 N–H and O–H groups in total. The molecule has 0 bridgehead atoms. The number of hydrogen-bond acceptors (Lipinski definition) is 7. The molecular formula is C27H26FIN6O6. The molecule has 1 saturated carbocycles. The number of fused-ring (bicyclic) bond motifs is 1. The molecule has 1 fully saturated rings. The molecule has 5 rings (SSSR count). The lowest BCUT2D eigenvalue weighted by Crippen LogP contribution is -2.41. The van der Waals surface area contributed by atoms with Crippen LogP contribution in [0, 0.1) is 26.4 Å². The maximum Gasteiger partial charge on any atom is 0.336 e. The first kappa shape index (κ1) is 29.6. The van der Waals surface area contributed by atoms with Gasteiger partial charge in [-0.3, -0.25) is 38.2 Å². The summed E-state index contributed by atoms with van der Waals surface area (Å²) < 4.78 is 19.3. The van der Waals surface area contributed by atoms with Crippen molar-refractivity contribution in [2.24, 2.45) is 7.05 Å². The van der Waals surface area contributed by atoms with Crippen molar-refractivity contribution < 1.29 is 14.1 Å². The van der Waals surface area contributed by atoms with Crippen molar-refractivity contribution in [1.82, 2.24) is 13.7 Å². The number of nitrogens with zero attached hydrogens (tertiary/aromatic N) is 4. The second kappa shape index (κ2) is 11.6. The number of benzene rings is 2. The van der Waals surface area contributed by atoms with Crippen molar-refractivity contribution in [3.8, 4) is 5.69 Å². The molecule has 2 heterocycles. The summed E-state index contributed by atoms with van der Waals surface area (Å²) in [7, 11) is 2.38. The first-order chi connectivity index (χ1) is 19.3. The summed E-state index contributed by atoms with van der Waals surface area (Å²) in [4.78, 5) is 60.9. The molecule has 4 aromatic rings. The third-order valence-corrected chi connectivity index (χ3v) is 7.04. The summed E-state index contributed by atoms with van der Waals surface area (Å²) in [5.41, 5.74) is -0.351. The van der Waals surface area contributed by atoms with Gasteiger partial charge in [0.05, 0.1) is 16.9 Å². The molecule has 2 aromatic carbocycles. The first-order valence-electron chi connectivity index (χ1n) is 12.4. The quantitative estimate of drug-likeness (QED) is 0.185. The largest absolute Gasteiger partial charge is 0.338 e. The molecular weight excluding hydrogens is 650 g/mol. The van der Waals surface area contributed by atoms with Gasteiger partial charge in [-0.2, -0.15) is 0 Å². The SMILES string of the molecule is CC(=O)Nc1cccc(-n2c(=O)n(C3CC3)c(=O)c3c(Nc4ccc(I)cc4F)n(C)c(=O)c(C)c32)c1.C[N+](=O)[O-]. The molecule has 214 valence electrons. The predicted molar refractivity (Wildman–Crippen MR) is 162 cm³/mol. The molecule has 1 aliphatic carbocycles. The normalized spacial score (nSPS) is 12.4. The van der Waals surface area contributed by atoms with Crippen LogP contribution < -0.4 is 27.4 Å². The van der Waals surface area contributed by atoms with Crippen molar-refractivity contribution in [2.75, 3.05) is 17.7 Å². The Morgan fingerprint density at radius 3 is 2.37 bits per heavy atom. The van der Waals surface area contributed by atoms with E-state index in [9.17, 15) is 23.6 Å². The van der Waals surface area contributed by atoms with Crippen LogP contribution in [0.25, 0.3) is 16.6 Å². The minimum Gasteiger partial charge on any atom is -0.338 e. The van der Waals surface area contributed by atoms with Crippen LogP contribution in [0.5, 0.6) is 0 Å². The first-order valence-corrected chi connectivity index (χ1v) is 13.5. The smallest absolute Gasteiger partial charge is 0.336 e. The summed E-state index contributed by atoms with van der Waals surface area (Å²) in [6, 6.07) is 10.9. The average molecular weight is 676 g/mol. The fourth-order valence-electron chi connectivity index (χ4n) is 4.50. The number of pyridine rings is 1. The van der Waals surface area contributed by atoms with E-state index in [0.29, 0.717) is 27.8 Å². The molecule has 12 nitrogen and oxygen atoms in total. The number of aryl methyl sites for hydroxylation is 1. The van der Waals surface area contributed by atoms with Crippen molar-refractivity contribution >= 4 is 56.6 Å². The number of hydrogen-bond donors (Lipinski definition) is 2. The third kappa shape index (κ3) is 6.06. The van der Waals surface area contributed by atoms with Crippen molar-refractivity contribution in [3.05, 3.63) is 98.7 Å². The number of aromatic nitrogens is 3. The highest BCUT2D eigenvalue weighted by molar-refractivity contribution is 14.1. The standard InChI is InChI=1S/C26H23FIN5O4.CH3NO2/c1-13-22-21(23(31(3)24(13)35)30-20-10-7-15(28)11-19(20)27)25(36)33(17-8-9-17)26(37)32(22)18-6-4-5-16(12-18)29-14(2)34;1-2(3)4/h4-7,10-12,17,30H,8-9H2,1-3H3,(H,29,34);1H3. The van der Waals surface area contributed by atoms with Gasteiger partial charge in [0, 0.05) is 39.8 Å². The van der Waals surface area contributed by atoms with Gasteiger partial charge in [0.1, 0.15) is 17.0 Å². The lowest BCUT2D eigenvalue weighted by Gasteiger charge is -2.21. The van der Waals surface area contributed by atoms with Crippen LogP contribution in [0.15, 0.2) is 56.8 Å². The molecule has 2 aromatic heterocycles. The minimum absolute atomic E-state index is 0.0804. The predicted octanol–water partition coefficient (Wildman–Crippen LogP) is 3.83. The molecule has 14 heteroatoms. The van der Waals surface area contributed by atoms with Crippen molar-refractivity contribution in [2.45, 2.75) is 32.7 Å². The Morgan fingerprint density at radius 2 is 1.78 bits per heavy atom. The van der Waals surface area contributed by atoms with Crippen LogP contribution in [0.1, 0.15) is 31.4 Å². The van der Waals surface area contributed by atoms with Crippen LogP contribution in [0.2, 0.25) is 0 Å². The molecule has 0 saturated heterocycles. The Labute approximate surface area is 245 Å². The van der Waals surface area contributed by atoms with Gasteiger partial charge in [0.15, 0.2) is 7.05 Å². The number of anilines is 3.